The summed E-state index contributed by atoms with van der Waals surface area (Å²) in [4.78, 5) is 11.7. The predicted molar refractivity (Wildman–Crippen MR) is 98.5 cm³/mol. The highest BCUT2D eigenvalue weighted by Crippen LogP contribution is 2.27. The molecule has 0 heterocycles. The Kier molecular flexibility index (Phi) is 6.20. The Hall–Kier alpha value is -2.61. The van der Waals surface area contributed by atoms with Crippen LogP contribution < -0.4 is 10.0 Å². The van der Waals surface area contributed by atoms with Gasteiger partial charge in [-0.1, -0.05) is 6.07 Å². The SMILES string of the molecule is CCNc1ccc(C(=O)OCC)cc1NS(=O)(=O)c1ccc(C)c(F)c1. The van der Waals surface area contributed by atoms with Gasteiger partial charge < -0.3 is 10.1 Å². The molecular weight excluding hydrogens is 359 g/mol. The van der Waals surface area contributed by atoms with Crippen LogP contribution in [0, 0.1) is 12.7 Å². The van der Waals surface area contributed by atoms with Crippen LogP contribution in [0.1, 0.15) is 29.8 Å². The largest absolute Gasteiger partial charge is 0.462 e. The van der Waals surface area contributed by atoms with Crippen molar-refractivity contribution < 1.29 is 22.3 Å². The summed E-state index contributed by atoms with van der Waals surface area (Å²) in [6.45, 7) is 5.84. The maximum absolute atomic E-state index is 13.7. The van der Waals surface area contributed by atoms with Gasteiger partial charge in [0.25, 0.3) is 10.0 Å². The number of anilines is 2. The molecule has 0 aliphatic rings. The molecule has 0 fully saturated rings. The maximum Gasteiger partial charge on any atom is 0.338 e. The van der Waals surface area contributed by atoms with Crippen LogP contribution in [-0.4, -0.2) is 27.5 Å². The second-order valence-corrected chi connectivity index (χ2v) is 7.21. The number of ether oxygens (including phenoxy) is 1. The highest BCUT2D eigenvalue weighted by Gasteiger charge is 2.19. The molecule has 0 saturated heterocycles. The van der Waals surface area contributed by atoms with Crippen molar-refractivity contribution in [3.8, 4) is 0 Å². The average Bonchev–Trinajstić information content (AvgIpc) is 2.59. The summed E-state index contributed by atoms with van der Waals surface area (Å²) in [5, 5.41) is 3.02. The minimum absolute atomic E-state index is 0.179. The zero-order valence-electron chi connectivity index (χ0n) is 14.8. The Morgan fingerprint density at radius 2 is 1.85 bits per heavy atom. The molecule has 0 aliphatic carbocycles. The van der Waals surface area contributed by atoms with Crippen molar-refractivity contribution in [3.05, 3.63) is 53.3 Å². The van der Waals surface area contributed by atoms with E-state index < -0.39 is 21.8 Å². The number of nitrogens with one attached hydrogen (secondary N) is 2. The van der Waals surface area contributed by atoms with Crippen LogP contribution in [0.2, 0.25) is 0 Å². The normalized spacial score (nSPS) is 11.1. The number of carbonyl (C=O) groups is 1. The number of hydrogen-bond acceptors (Lipinski definition) is 5. The minimum Gasteiger partial charge on any atom is -0.462 e. The van der Waals surface area contributed by atoms with Crippen molar-refractivity contribution in [2.24, 2.45) is 0 Å². The number of carbonyl (C=O) groups excluding carboxylic acids is 1. The molecule has 0 unspecified atom stereocenters. The first-order valence-electron chi connectivity index (χ1n) is 8.12. The molecule has 0 saturated carbocycles. The number of esters is 1. The second-order valence-electron chi connectivity index (χ2n) is 5.53. The number of aryl methyl sites for hydroxylation is 1. The van der Waals surface area contributed by atoms with E-state index in [2.05, 4.69) is 10.0 Å². The molecule has 0 radical (unpaired) electrons. The van der Waals surface area contributed by atoms with Crippen LogP contribution in [0.5, 0.6) is 0 Å². The van der Waals surface area contributed by atoms with Gasteiger partial charge in [-0.3, -0.25) is 4.72 Å². The molecule has 140 valence electrons. The smallest absolute Gasteiger partial charge is 0.338 e. The van der Waals surface area contributed by atoms with Crippen LogP contribution >= 0.6 is 0 Å². The highest BCUT2D eigenvalue weighted by atomic mass is 32.2. The van der Waals surface area contributed by atoms with E-state index in [0.717, 1.165) is 6.07 Å². The van der Waals surface area contributed by atoms with Crippen molar-refractivity contribution in [2.45, 2.75) is 25.7 Å². The van der Waals surface area contributed by atoms with Gasteiger partial charge in [-0.25, -0.2) is 17.6 Å². The fraction of sp³-hybridized carbons (Fsp3) is 0.278. The van der Waals surface area contributed by atoms with E-state index in [1.165, 1.54) is 18.2 Å². The Balaban J connectivity index is 2.42. The Labute approximate surface area is 152 Å². The molecule has 8 heteroatoms. The molecule has 2 aromatic rings. The molecule has 0 aromatic heterocycles. The van der Waals surface area contributed by atoms with Crippen LogP contribution in [0.4, 0.5) is 15.8 Å². The zero-order chi connectivity index (χ0) is 19.3. The molecule has 0 atom stereocenters. The molecule has 2 N–H and O–H groups in total. The van der Waals surface area contributed by atoms with Crippen molar-refractivity contribution >= 4 is 27.4 Å². The van der Waals surface area contributed by atoms with Crippen molar-refractivity contribution in [2.75, 3.05) is 23.2 Å². The summed E-state index contributed by atoms with van der Waals surface area (Å²) >= 11 is 0. The number of hydrogen-bond donors (Lipinski definition) is 2. The van der Waals surface area contributed by atoms with Gasteiger partial charge in [0, 0.05) is 6.54 Å². The van der Waals surface area contributed by atoms with E-state index >= 15 is 0 Å². The first-order valence-corrected chi connectivity index (χ1v) is 9.60. The third kappa shape index (κ3) is 4.51. The molecule has 0 aliphatic heterocycles. The van der Waals surface area contributed by atoms with Crippen molar-refractivity contribution in [1.29, 1.82) is 0 Å². The highest BCUT2D eigenvalue weighted by molar-refractivity contribution is 7.92. The lowest BCUT2D eigenvalue weighted by Crippen LogP contribution is -2.16. The lowest BCUT2D eigenvalue weighted by molar-refractivity contribution is 0.0526. The number of rotatable bonds is 7. The summed E-state index contributed by atoms with van der Waals surface area (Å²) in [6, 6.07) is 8.19. The minimum atomic E-state index is -4.03. The van der Waals surface area contributed by atoms with Gasteiger partial charge in [-0.15, -0.1) is 0 Å². The fourth-order valence-electron chi connectivity index (χ4n) is 2.26. The van der Waals surface area contributed by atoms with E-state index in [4.69, 9.17) is 4.74 Å². The van der Waals surface area contributed by atoms with Crippen LogP contribution in [-0.2, 0) is 14.8 Å². The van der Waals surface area contributed by atoms with E-state index in [9.17, 15) is 17.6 Å². The van der Waals surface area contributed by atoms with Gasteiger partial charge in [-0.05, 0) is 56.7 Å². The summed E-state index contributed by atoms with van der Waals surface area (Å²) < 4.78 is 46.3. The second kappa shape index (κ2) is 8.18. The summed E-state index contributed by atoms with van der Waals surface area (Å²) in [7, 11) is -4.03. The number of sulfonamides is 1. The topological polar surface area (TPSA) is 84.5 Å². The summed E-state index contributed by atoms with van der Waals surface area (Å²) in [6.07, 6.45) is 0. The lowest BCUT2D eigenvalue weighted by Gasteiger charge is -2.15. The number of halogens is 1. The van der Waals surface area contributed by atoms with E-state index in [0.29, 0.717) is 17.8 Å². The molecule has 2 rings (SSSR count). The third-order valence-electron chi connectivity index (χ3n) is 3.60. The third-order valence-corrected chi connectivity index (χ3v) is 4.96. The van der Waals surface area contributed by atoms with Gasteiger partial charge in [0.1, 0.15) is 5.82 Å². The Morgan fingerprint density at radius 1 is 1.12 bits per heavy atom. The van der Waals surface area contributed by atoms with Crippen molar-refractivity contribution in [3.63, 3.8) is 0 Å². The van der Waals surface area contributed by atoms with Crippen LogP contribution in [0.25, 0.3) is 0 Å². The molecule has 6 nitrogen and oxygen atoms in total. The fourth-order valence-corrected chi connectivity index (χ4v) is 3.34. The predicted octanol–water partition coefficient (Wildman–Crippen LogP) is 3.54. The maximum atomic E-state index is 13.7. The van der Waals surface area contributed by atoms with E-state index in [1.807, 2.05) is 6.92 Å². The van der Waals surface area contributed by atoms with Crippen molar-refractivity contribution in [1.82, 2.24) is 0 Å². The first-order chi connectivity index (χ1) is 12.3. The van der Waals surface area contributed by atoms with Gasteiger partial charge >= 0.3 is 5.97 Å². The Morgan fingerprint density at radius 3 is 2.46 bits per heavy atom. The average molecular weight is 380 g/mol. The molecule has 0 amide bonds. The van der Waals surface area contributed by atoms with Gasteiger partial charge in [0.2, 0.25) is 0 Å². The number of benzene rings is 2. The molecule has 26 heavy (non-hydrogen) atoms. The first kappa shape index (κ1) is 19.7. The molecule has 0 bridgehead atoms. The Bertz CT molecular complexity index is 913. The molecule has 0 spiro atoms. The quantitative estimate of drug-likeness (QED) is 0.718. The monoisotopic (exact) mass is 380 g/mol. The van der Waals surface area contributed by atoms with E-state index in [1.54, 1.807) is 26.0 Å². The van der Waals surface area contributed by atoms with Gasteiger partial charge in [-0.2, -0.15) is 0 Å². The standard InChI is InChI=1S/C18H21FN2O4S/c1-4-20-16-9-7-13(18(22)25-5-2)10-17(16)21-26(23,24)14-8-6-12(3)15(19)11-14/h6-11,20-21H,4-5H2,1-3H3. The molecule has 2 aromatic carbocycles. The lowest BCUT2D eigenvalue weighted by atomic mass is 10.1. The molecular formula is C18H21FN2O4S. The van der Waals surface area contributed by atoms with E-state index in [-0.39, 0.29) is 22.8 Å². The summed E-state index contributed by atoms with van der Waals surface area (Å²) in [5.41, 5.74) is 1.23. The zero-order valence-corrected chi connectivity index (χ0v) is 15.6. The van der Waals surface area contributed by atoms with Crippen LogP contribution in [0.3, 0.4) is 0 Å². The van der Waals surface area contributed by atoms with Crippen LogP contribution in [0.15, 0.2) is 41.3 Å². The summed E-state index contributed by atoms with van der Waals surface area (Å²) in [5.74, 6) is -1.17. The van der Waals surface area contributed by atoms with Gasteiger partial charge in [0.15, 0.2) is 0 Å². The van der Waals surface area contributed by atoms with Gasteiger partial charge in [0.05, 0.1) is 28.4 Å².